The van der Waals surface area contributed by atoms with E-state index in [0.717, 1.165) is 31.4 Å². The van der Waals surface area contributed by atoms with Gasteiger partial charge in [0, 0.05) is 0 Å². The highest BCUT2D eigenvalue weighted by molar-refractivity contribution is 5.97. The number of carbonyl (C=O) groups excluding carboxylic acids is 1. The van der Waals surface area contributed by atoms with Crippen LogP contribution in [0.1, 0.15) is 15.9 Å². The van der Waals surface area contributed by atoms with Gasteiger partial charge in [-0.25, -0.2) is 4.79 Å². The lowest BCUT2D eigenvalue weighted by atomic mass is 9.97. The molecule has 2 rings (SSSR count). The molecule has 0 aliphatic carbocycles. The number of hydrogen-bond acceptors (Lipinski definition) is 3. The Morgan fingerprint density at radius 2 is 1.52 bits per heavy atom. The van der Waals surface area contributed by atoms with Crippen LogP contribution in [0.25, 0.3) is 11.1 Å². The van der Waals surface area contributed by atoms with Crippen LogP contribution in [0.5, 0.6) is 5.75 Å². The molecular weight excluding hydrogens is 354 g/mol. The Labute approximate surface area is 137 Å². The number of alkyl halides is 6. The Balaban J connectivity index is 2.46. The van der Waals surface area contributed by atoms with Gasteiger partial charge < -0.3 is 9.47 Å². The van der Waals surface area contributed by atoms with E-state index in [1.54, 1.807) is 0 Å². The van der Waals surface area contributed by atoms with Gasteiger partial charge >= 0.3 is 18.5 Å². The van der Waals surface area contributed by atoms with Crippen LogP contribution < -0.4 is 4.74 Å². The number of methoxy groups -OCH3 is 1. The zero-order chi connectivity index (χ0) is 18.8. The third kappa shape index (κ3) is 4.65. The molecule has 134 valence electrons. The number of ether oxygens (including phenoxy) is 2. The van der Waals surface area contributed by atoms with Gasteiger partial charge in [0.1, 0.15) is 5.75 Å². The second-order valence-corrected chi connectivity index (χ2v) is 4.82. The van der Waals surface area contributed by atoms with Crippen LogP contribution in [0.2, 0.25) is 0 Å². The first-order valence-electron chi connectivity index (χ1n) is 6.67. The first-order chi connectivity index (χ1) is 11.5. The van der Waals surface area contributed by atoms with E-state index < -0.39 is 29.8 Å². The molecule has 0 aromatic heterocycles. The van der Waals surface area contributed by atoms with Crippen LogP contribution in [0.4, 0.5) is 26.3 Å². The fourth-order valence-corrected chi connectivity index (χ4v) is 2.09. The molecule has 0 heterocycles. The molecule has 0 unspecified atom stereocenters. The molecule has 0 saturated heterocycles. The average molecular weight is 364 g/mol. The maximum Gasteiger partial charge on any atom is 0.573 e. The van der Waals surface area contributed by atoms with Gasteiger partial charge in [-0.15, -0.1) is 13.2 Å². The summed E-state index contributed by atoms with van der Waals surface area (Å²) >= 11 is 0. The van der Waals surface area contributed by atoms with Crippen LogP contribution >= 0.6 is 0 Å². The van der Waals surface area contributed by atoms with Crippen molar-refractivity contribution in [3.63, 3.8) is 0 Å². The van der Waals surface area contributed by atoms with Crippen LogP contribution in [-0.2, 0) is 10.9 Å². The second-order valence-electron chi connectivity index (χ2n) is 4.82. The van der Waals surface area contributed by atoms with E-state index in [0.29, 0.717) is 6.07 Å². The molecule has 0 fully saturated rings. The lowest BCUT2D eigenvalue weighted by Crippen LogP contribution is -2.17. The quantitative estimate of drug-likeness (QED) is 0.564. The van der Waals surface area contributed by atoms with Crippen molar-refractivity contribution in [3.05, 3.63) is 53.6 Å². The minimum absolute atomic E-state index is 0.0819. The van der Waals surface area contributed by atoms with Crippen molar-refractivity contribution in [1.29, 1.82) is 0 Å². The van der Waals surface area contributed by atoms with E-state index in [1.807, 2.05) is 0 Å². The molecule has 2 aromatic carbocycles. The predicted molar refractivity (Wildman–Crippen MR) is 74.9 cm³/mol. The zero-order valence-corrected chi connectivity index (χ0v) is 12.5. The third-order valence-corrected chi connectivity index (χ3v) is 3.15. The zero-order valence-electron chi connectivity index (χ0n) is 12.5. The van der Waals surface area contributed by atoms with Crippen LogP contribution in [-0.4, -0.2) is 19.4 Å². The van der Waals surface area contributed by atoms with E-state index in [2.05, 4.69) is 9.47 Å². The van der Waals surface area contributed by atoms with Gasteiger partial charge in [-0.1, -0.05) is 18.2 Å². The van der Waals surface area contributed by atoms with Crippen molar-refractivity contribution in [2.75, 3.05) is 7.11 Å². The fourth-order valence-electron chi connectivity index (χ4n) is 2.09. The highest BCUT2D eigenvalue weighted by Crippen LogP contribution is 2.34. The van der Waals surface area contributed by atoms with E-state index >= 15 is 0 Å². The van der Waals surface area contributed by atoms with Crippen molar-refractivity contribution >= 4 is 5.97 Å². The molecule has 0 spiro atoms. The first kappa shape index (κ1) is 18.6. The molecule has 0 radical (unpaired) electrons. The molecule has 0 N–H and O–H groups in total. The summed E-state index contributed by atoms with van der Waals surface area (Å²) in [6, 6.07) is 6.80. The molecule has 0 aliphatic rings. The summed E-state index contributed by atoms with van der Waals surface area (Å²) in [6.45, 7) is 0. The summed E-state index contributed by atoms with van der Waals surface area (Å²) in [6.07, 6.45) is -9.53. The van der Waals surface area contributed by atoms with Crippen LogP contribution in [0.15, 0.2) is 42.5 Å². The Hall–Kier alpha value is -2.71. The van der Waals surface area contributed by atoms with Gasteiger partial charge in [-0.2, -0.15) is 13.2 Å². The monoisotopic (exact) mass is 364 g/mol. The Morgan fingerprint density at radius 3 is 2.00 bits per heavy atom. The van der Waals surface area contributed by atoms with Gasteiger partial charge in [-0.05, 0) is 35.4 Å². The highest BCUT2D eigenvalue weighted by Gasteiger charge is 2.32. The molecule has 0 saturated carbocycles. The Morgan fingerprint density at radius 1 is 0.920 bits per heavy atom. The first-order valence-corrected chi connectivity index (χ1v) is 6.67. The van der Waals surface area contributed by atoms with Crippen molar-refractivity contribution in [2.24, 2.45) is 0 Å². The number of rotatable bonds is 3. The van der Waals surface area contributed by atoms with Gasteiger partial charge in [-0.3, -0.25) is 0 Å². The molecule has 0 atom stereocenters. The minimum Gasteiger partial charge on any atom is -0.465 e. The van der Waals surface area contributed by atoms with Crippen molar-refractivity contribution in [3.8, 4) is 16.9 Å². The van der Waals surface area contributed by atoms with E-state index in [4.69, 9.17) is 0 Å². The maximum atomic E-state index is 12.8. The Bertz CT molecular complexity index is 763. The lowest BCUT2D eigenvalue weighted by Gasteiger charge is -2.13. The normalized spacial score (nSPS) is 12.0. The summed E-state index contributed by atoms with van der Waals surface area (Å²) in [5.41, 5.74) is -1.10. The van der Waals surface area contributed by atoms with Crippen molar-refractivity contribution < 1.29 is 40.6 Å². The lowest BCUT2D eigenvalue weighted by molar-refractivity contribution is -0.274. The maximum absolute atomic E-state index is 12.8. The fraction of sp³-hybridized carbons (Fsp3) is 0.188. The number of hydrogen-bond donors (Lipinski definition) is 0. The average Bonchev–Trinajstić information content (AvgIpc) is 2.52. The van der Waals surface area contributed by atoms with E-state index in [9.17, 15) is 31.1 Å². The van der Waals surface area contributed by atoms with Gasteiger partial charge in [0.2, 0.25) is 0 Å². The van der Waals surface area contributed by atoms with Gasteiger partial charge in [0.05, 0.1) is 18.2 Å². The third-order valence-electron chi connectivity index (χ3n) is 3.15. The predicted octanol–water partition coefficient (Wildman–Crippen LogP) is 5.06. The van der Waals surface area contributed by atoms with Gasteiger partial charge in [0.25, 0.3) is 0 Å². The molecule has 9 heteroatoms. The second kappa shape index (κ2) is 6.66. The molecule has 0 bridgehead atoms. The van der Waals surface area contributed by atoms with Crippen molar-refractivity contribution in [1.82, 2.24) is 0 Å². The molecule has 0 aliphatic heterocycles. The van der Waals surface area contributed by atoms with E-state index in [1.165, 1.54) is 12.1 Å². The highest BCUT2D eigenvalue weighted by atomic mass is 19.4. The molecular formula is C16H10F6O3. The summed E-state index contributed by atoms with van der Waals surface area (Å²) in [4.78, 5) is 11.8. The molecule has 2 aromatic rings. The van der Waals surface area contributed by atoms with E-state index in [-0.39, 0.29) is 16.7 Å². The minimum atomic E-state index is -4.87. The number of halogens is 6. The summed E-state index contributed by atoms with van der Waals surface area (Å²) in [7, 11) is 1.01. The topological polar surface area (TPSA) is 35.5 Å². The summed E-state index contributed by atoms with van der Waals surface area (Å²) in [5, 5.41) is 0. The van der Waals surface area contributed by atoms with Crippen LogP contribution in [0, 0.1) is 0 Å². The van der Waals surface area contributed by atoms with Crippen LogP contribution in [0.3, 0.4) is 0 Å². The SMILES string of the molecule is COC(=O)c1cc(C(F)(F)F)ccc1-c1ccc(OC(F)(F)F)cc1. The molecule has 3 nitrogen and oxygen atoms in total. The summed E-state index contributed by atoms with van der Waals surface area (Å²) < 4.78 is 83.0. The number of benzene rings is 2. The molecule has 0 amide bonds. The molecule has 25 heavy (non-hydrogen) atoms. The largest absolute Gasteiger partial charge is 0.573 e. The Kier molecular flexibility index (Phi) is 4.96. The smallest absolute Gasteiger partial charge is 0.465 e. The number of carbonyl (C=O) groups is 1. The van der Waals surface area contributed by atoms with Crippen molar-refractivity contribution in [2.45, 2.75) is 12.5 Å². The standard InChI is InChI=1S/C16H10F6O3/c1-24-14(23)13-8-10(15(17,18)19)4-7-12(13)9-2-5-11(6-3-9)25-16(20,21)22/h2-8H,1H3. The number of esters is 1. The van der Waals surface area contributed by atoms with Gasteiger partial charge in [0.15, 0.2) is 0 Å². The summed E-state index contributed by atoms with van der Waals surface area (Å²) in [5.74, 6) is -1.50.